The van der Waals surface area contributed by atoms with E-state index >= 15 is 0 Å². The number of rotatable bonds is 4. The third kappa shape index (κ3) is 3.14. The van der Waals surface area contributed by atoms with Crippen molar-refractivity contribution in [2.45, 2.75) is 19.8 Å². The number of hydrogen-bond acceptors (Lipinski definition) is 4. The van der Waals surface area contributed by atoms with Crippen molar-refractivity contribution < 1.29 is 19.1 Å². The third-order valence-corrected chi connectivity index (χ3v) is 2.88. The van der Waals surface area contributed by atoms with E-state index in [1.165, 1.54) is 4.90 Å². The Bertz CT molecular complexity index is 542. The van der Waals surface area contributed by atoms with Crippen molar-refractivity contribution in [1.82, 2.24) is 0 Å². The van der Waals surface area contributed by atoms with Gasteiger partial charge in [-0.3, -0.25) is 19.3 Å². The van der Waals surface area contributed by atoms with Gasteiger partial charge in [-0.1, -0.05) is 19.1 Å². The molecule has 0 bridgehead atoms. The van der Waals surface area contributed by atoms with E-state index in [9.17, 15) is 14.4 Å². The third-order valence-electron chi connectivity index (χ3n) is 2.88. The first-order valence-electron chi connectivity index (χ1n) is 6.46. The molecule has 6 nitrogen and oxygen atoms in total. The molecule has 106 valence electrons. The number of fused-ring (bicyclic) bond motifs is 1. The maximum absolute atomic E-state index is 12.1. The number of anilines is 2. The highest BCUT2D eigenvalue weighted by molar-refractivity contribution is 6.10. The van der Waals surface area contributed by atoms with Crippen molar-refractivity contribution in [3.8, 4) is 0 Å². The van der Waals surface area contributed by atoms with E-state index in [2.05, 4.69) is 5.32 Å². The second-order valence-corrected chi connectivity index (χ2v) is 4.46. The van der Waals surface area contributed by atoms with Crippen molar-refractivity contribution in [2.75, 3.05) is 23.4 Å². The number of amides is 2. The average molecular weight is 276 g/mol. The lowest BCUT2D eigenvalue weighted by molar-refractivity contribution is -0.147. The van der Waals surface area contributed by atoms with Gasteiger partial charge in [-0.2, -0.15) is 0 Å². The molecule has 1 aromatic rings. The van der Waals surface area contributed by atoms with E-state index in [0.717, 1.165) is 0 Å². The number of ether oxygens (including phenoxy) is 1. The molecule has 0 saturated carbocycles. The van der Waals surface area contributed by atoms with Crippen LogP contribution in [0.4, 0.5) is 11.4 Å². The van der Waals surface area contributed by atoms with Crippen LogP contribution in [0.25, 0.3) is 0 Å². The van der Waals surface area contributed by atoms with Gasteiger partial charge in [0.15, 0.2) is 6.61 Å². The van der Waals surface area contributed by atoms with Gasteiger partial charge in [0, 0.05) is 6.42 Å². The molecule has 0 aromatic heterocycles. The van der Waals surface area contributed by atoms with Crippen molar-refractivity contribution in [3.05, 3.63) is 24.3 Å². The van der Waals surface area contributed by atoms with Crippen molar-refractivity contribution in [3.63, 3.8) is 0 Å². The quantitative estimate of drug-likeness (QED) is 0.841. The molecule has 0 radical (unpaired) electrons. The summed E-state index contributed by atoms with van der Waals surface area (Å²) in [5.41, 5.74) is 1.20. The Labute approximate surface area is 116 Å². The summed E-state index contributed by atoms with van der Waals surface area (Å²) in [5.74, 6) is -1.08. The first-order chi connectivity index (χ1) is 9.61. The van der Waals surface area contributed by atoms with E-state index in [-0.39, 0.29) is 25.5 Å². The molecule has 6 heteroatoms. The summed E-state index contributed by atoms with van der Waals surface area (Å²) >= 11 is 0. The predicted octanol–water partition coefficient (Wildman–Crippen LogP) is 1.31. The molecule has 20 heavy (non-hydrogen) atoms. The van der Waals surface area contributed by atoms with Crippen LogP contribution in [0, 0.1) is 0 Å². The van der Waals surface area contributed by atoms with Gasteiger partial charge in [0.2, 0.25) is 5.91 Å². The molecule has 1 aliphatic rings. The summed E-state index contributed by atoms with van der Waals surface area (Å²) in [6, 6.07) is 7.00. The molecular weight excluding hydrogens is 260 g/mol. The minimum absolute atomic E-state index is 0.0683. The zero-order valence-electron chi connectivity index (χ0n) is 11.2. The summed E-state index contributed by atoms with van der Waals surface area (Å²) in [7, 11) is 0. The summed E-state index contributed by atoms with van der Waals surface area (Å²) in [4.78, 5) is 36.2. The zero-order chi connectivity index (χ0) is 14.5. The monoisotopic (exact) mass is 276 g/mol. The second-order valence-electron chi connectivity index (χ2n) is 4.46. The Balaban J connectivity index is 2.06. The first kappa shape index (κ1) is 14.0. The average Bonchev–Trinajstić information content (AvgIpc) is 2.44. The van der Waals surface area contributed by atoms with Crippen molar-refractivity contribution in [2.24, 2.45) is 0 Å². The molecule has 0 aliphatic carbocycles. The number of para-hydroxylation sites is 2. The van der Waals surface area contributed by atoms with Crippen molar-refractivity contribution in [1.29, 1.82) is 0 Å². The van der Waals surface area contributed by atoms with Gasteiger partial charge in [0.25, 0.3) is 5.91 Å². The highest BCUT2D eigenvalue weighted by Gasteiger charge is 2.26. The summed E-state index contributed by atoms with van der Waals surface area (Å²) in [5, 5.41) is 2.69. The van der Waals surface area contributed by atoms with E-state index in [0.29, 0.717) is 17.8 Å². The Morgan fingerprint density at radius 1 is 1.35 bits per heavy atom. The van der Waals surface area contributed by atoms with Gasteiger partial charge in [-0.05, 0) is 18.6 Å². The molecule has 0 saturated heterocycles. The fourth-order valence-electron chi connectivity index (χ4n) is 1.95. The Morgan fingerprint density at radius 3 is 2.85 bits per heavy atom. The Morgan fingerprint density at radius 2 is 2.10 bits per heavy atom. The lowest BCUT2D eigenvalue weighted by Gasteiger charge is -2.28. The molecule has 0 fully saturated rings. The number of esters is 1. The molecule has 1 aromatic carbocycles. The van der Waals surface area contributed by atoms with Crippen LogP contribution in [0.2, 0.25) is 0 Å². The molecule has 1 heterocycles. The standard InChI is InChI=1S/C14H16N2O4/c1-2-5-14(19)20-9-13(18)16-8-12(17)15-10-6-3-4-7-11(10)16/h3-4,6-7H,2,5,8-9H2,1H3,(H,15,17). The summed E-state index contributed by atoms with van der Waals surface area (Å²) < 4.78 is 4.89. The van der Waals surface area contributed by atoms with Crippen LogP contribution < -0.4 is 10.2 Å². The fraction of sp³-hybridized carbons (Fsp3) is 0.357. The summed E-state index contributed by atoms with van der Waals surface area (Å²) in [6.07, 6.45) is 0.951. The van der Waals surface area contributed by atoms with Gasteiger partial charge in [0.1, 0.15) is 6.54 Å². The maximum atomic E-state index is 12.1. The highest BCUT2D eigenvalue weighted by atomic mass is 16.5. The van der Waals surface area contributed by atoms with Crippen LogP contribution in [-0.4, -0.2) is 30.9 Å². The van der Waals surface area contributed by atoms with Gasteiger partial charge in [0.05, 0.1) is 11.4 Å². The van der Waals surface area contributed by atoms with Gasteiger partial charge < -0.3 is 10.1 Å². The lowest BCUT2D eigenvalue weighted by Crippen LogP contribution is -2.44. The van der Waals surface area contributed by atoms with Crippen LogP contribution in [-0.2, 0) is 19.1 Å². The molecule has 2 rings (SSSR count). The van der Waals surface area contributed by atoms with E-state index in [4.69, 9.17) is 4.74 Å². The molecule has 0 atom stereocenters. The highest BCUT2D eigenvalue weighted by Crippen LogP contribution is 2.28. The first-order valence-corrected chi connectivity index (χ1v) is 6.46. The van der Waals surface area contributed by atoms with Crippen molar-refractivity contribution >= 4 is 29.2 Å². The topological polar surface area (TPSA) is 75.7 Å². The second kappa shape index (κ2) is 6.18. The number of hydrogen-bond donors (Lipinski definition) is 1. The lowest BCUT2D eigenvalue weighted by atomic mass is 10.2. The number of nitrogens with one attached hydrogen (secondary N) is 1. The zero-order valence-corrected chi connectivity index (χ0v) is 11.2. The van der Waals surface area contributed by atoms with E-state index in [1.54, 1.807) is 24.3 Å². The normalized spacial score (nSPS) is 13.4. The maximum Gasteiger partial charge on any atom is 0.306 e. The Kier molecular flexibility index (Phi) is 4.34. The molecule has 1 aliphatic heterocycles. The molecule has 2 amide bonds. The van der Waals surface area contributed by atoms with E-state index in [1.807, 2.05) is 6.92 Å². The minimum Gasteiger partial charge on any atom is -0.456 e. The number of carbonyl (C=O) groups is 3. The van der Waals surface area contributed by atoms with Crippen LogP contribution in [0.5, 0.6) is 0 Å². The fourth-order valence-corrected chi connectivity index (χ4v) is 1.95. The van der Waals surface area contributed by atoms with Crippen LogP contribution in [0.3, 0.4) is 0 Å². The smallest absolute Gasteiger partial charge is 0.306 e. The Hall–Kier alpha value is -2.37. The summed E-state index contributed by atoms with van der Waals surface area (Å²) in [6.45, 7) is 1.44. The molecule has 0 spiro atoms. The van der Waals surface area contributed by atoms with Crippen LogP contribution in [0.1, 0.15) is 19.8 Å². The molecular formula is C14H16N2O4. The number of nitrogens with zero attached hydrogens (tertiary/aromatic N) is 1. The molecule has 1 N–H and O–H groups in total. The van der Waals surface area contributed by atoms with Crippen LogP contribution >= 0.6 is 0 Å². The van der Waals surface area contributed by atoms with Gasteiger partial charge in [-0.25, -0.2) is 0 Å². The van der Waals surface area contributed by atoms with Gasteiger partial charge in [-0.15, -0.1) is 0 Å². The van der Waals surface area contributed by atoms with Gasteiger partial charge >= 0.3 is 5.97 Å². The SMILES string of the molecule is CCCC(=O)OCC(=O)N1CC(=O)Nc2ccccc21. The minimum atomic E-state index is -0.407. The predicted molar refractivity (Wildman–Crippen MR) is 73.3 cm³/mol. The number of carbonyl (C=O) groups excluding carboxylic acids is 3. The molecule has 0 unspecified atom stereocenters. The number of benzene rings is 1. The van der Waals surface area contributed by atoms with Crippen LogP contribution in [0.15, 0.2) is 24.3 Å². The largest absolute Gasteiger partial charge is 0.456 e. The van der Waals surface area contributed by atoms with E-state index < -0.39 is 11.9 Å².